The molecular formula is C17H23N5O3. The van der Waals surface area contributed by atoms with E-state index in [1.165, 1.54) is 0 Å². The number of anilines is 1. The summed E-state index contributed by atoms with van der Waals surface area (Å²) in [5.41, 5.74) is 6.35. The van der Waals surface area contributed by atoms with Gasteiger partial charge in [-0.3, -0.25) is 9.48 Å². The second-order valence-corrected chi connectivity index (χ2v) is 6.91. The van der Waals surface area contributed by atoms with Crippen LogP contribution in [0.15, 0.2) is 16.7 Å². The Morgan fingerprint density at radius 1 is 1.48 bits per heavy atom. The summed E-state index contributed by atoms with van der Waals surface area (Å²) in [6, 6.07) is 1.72. The molecule has 0 bridgehead atoms. The number of aromatic nitrogens is 3. The van der Waals surface area contributed by atoms with E-state index in [9.17, 15) is 4.79 Å². The first-order valence-corrected chi connectivity index (χ1v) is 8.65. The molecule has 1 amide bonds. The van der Waals surface area contributed by atoms with E-state index in [1.807, 2.05) is 18.0 Å². The number of methoxy groups -OCH3 is 1. The number of carbonyl (C=O) groups excluding carboxylic acids is 1. The van der Waals surface area contributed by atoms with Crippen LogP contribution in [0, 0.1) is 6.92 Å². The zero-order chi connectivity index (χ0) is 17.6. The zero-order valence-electron chi connectivity index (χ0n) is 14.5. The molecule has 0 aromatic carbocycles. The fraction of sp³-hybridized carbons (Fsp3) is 0.588. The van der Waals surface area contributed by atoms with Crippen molar-refractivity contribution in [2.24, 2.45) is 0 Å². The van der Waals surface area contributed by atoms with Gasteiger partial charge in [-0.1, -0.05) is 0 Å². The van der Waals surface area contributed by atoms with Gasteiger partial charge in [-0.25, -0.2) is 4.98 Å². The molecule has 8 nitrogen and oxygen atoms in total. The van der Waals surface area contributed by atoms with Crippen LogP contribution >= 0.6 is 0 Å². The number of nitrogens with zero attached hydrogens (tertiary/aromatic N) is 4. The highest BCUT2D eigenvalue weighted by Crippen LogP contribution is 2.40. The van der Waals surface area contributed by atoms with Gasteiger partial charge in [0, 0.05) is 25.8 Å². The Bertz CT molecular complexity index is 779. The number of hydrogen-bond acceptors (Lipinski definition) is 6. The summed E-state index contributed by atoms with van der Waals surface area (Å²) in [7, 11) is 1.67. The van der Waals surface area contributed by atoms with Crippen LogP contribution < -0.4 is 5.73 Å². The van der Waals surface area contributed by atoms with Gasteiger partial charge < -0.3 is 19.8 Å². The molecule has 2 aromatic rings. The molecule has 2 aromatic heterocycles. The maximum atomic E-state index is 13.1. The van der Waals surface area contributed by atoms with Crippen molar-refractivity contribution < 1.29 is 13.9 Å². The van der Waals surface area contributed by atoms with Crippen LogP contribution in [-0.4, -0.2) is 51.4 Å². The molecule has 134 valence electrons. The summed E-state index contributed by atoms with van der Waals surface area (Å²) in [6.45, 7) is 2.94. The van der Waals surface area contributed by atoms with E-state index in [1.54, 1.807) is 17.9 Å². The molecule has 1 aliphatic heterocycles. The summed E-state index contributed by atoms with van der Waals surface area (Å²) in [5.74, 6) is 1.78. The van der Waals surface area contributed by atoms with Gasteiger partial charge in [0.2, 0.25) is 5.76 Å². The SMILES string of the molecule is CO[C@@H]1C[C@@H](Cn2ccc(N)n2)N(C(=O)c2oc(C3CC3)nc2C)C1. The lowest BCUT2D eigenvalue weighted by Crippen LogP contribution is -2.38. The average Bonchev–Trinajstić information content (AvgIpc) is 3.06. The van der Waals surface area contributed by atoms with Gasteiger partial charge in [0.05, 0.1) is 24.4 Å². The maximum absolute atomic E-state index is 13.1. The second-order valence-electron chi connectivity index (χ2n) is 6.91. The van der Waals surface area contributed by atoms with Crippen molar-refractivity contribution in [3.8, 4) is 0 Å². The number of carbonyl (C=O) groups is 1. The largest absolute Gasteiger partial charge is 0.435 e. The molecule has 2 fully saturated rings. The highest BCUT2D eigenvalue weighted by atomic mass is 16.5. The number of rotatable bonds is 5. The summed E-state index contributed by atoms with van der Waals surface area (Å²) in [6.07, 6.45) is 4.76. The quantitative estimate of drug-likeness (QED) is 0.883. The highest BCUT2D eigenvalue weighted by Gasteiger charge is 2.39. The first-order valence-electron chi connectivity index (χ1n) is 8.65. The number of likely N-dealkylation sites (tertiary alicyclic amines) is 1. The Hall–Kier alpha value is -2.35. The molecule has 8 heteroatoms. The van der Waals surface area contributed by atoms with Crippen molar-refractivity contribution in [3.05, 3.63) is 29.6 Å². The summed E-state index contributed by atoms with van der Waals surface area (Å²) >= 11 is 0. The normalized spacial score (nSPS) is 23.4. The fourth-order valence-corrected chi connectivity index (χ4v) is 3.41. The topological polar surface area (TPSA) is 99.4 Å². The molecule has 1 saturated heterocycles. The van der Waals surface area contributed by atoms with Crippen molar-refractivity contribution >= 4 is 11.7 Å². The van der Waals surface area contributed by atoms with Crippen LogP contribution in [0.2, 0.25) is 0 Å². The molecule has 2 aliphatic rings. The van der Waals surface area contributed by atoms with Crippen LogP contribution in [0.4, 0.5) is 5.82 Å². The predicted octanol–water partition coefficient (Wildman–Crippen LogP) is 1.57. The number of aryl methyl sites for hydroxylation is 1. The minimum absolute atomic E-state index is 0.00740. The minimum Gasteiger partial charge on any atom is -0.435 e. The van der Waals surface area contributed by atoms with Gasteiger partial charge in [-0.05, 0) is 32.3 Å². The van der Waals surface area contributed by atoms with E-state index in [4.69, 9.17) is 14.9 Å². The van der Waals surface area contributed by atoms with Crippen molar-refractivity contribution in [1.82, 2.24) is 19.7 Å². The Labute approximate surface area is 145 Å². The van der Waals surface area contributed by atoms with E-state index >= 15 is 0 Å². The standard InChI is InChI=1S/C17H23N5O3/c1-10-15(25-16(19-10)11-3-4-11)17(23)22-9-13(24-2)7-12(22)8-21-6-5-14(18)20-21/h5-6,11-13H,3-4,7-9H2,1-2H3,(H2,18,20)/t12-,13+/m0/s1. The molecule has 4 rings (SSSR count). The summed E-state index contributed by atoms with van der Waals surface area (Å²) < 4.78 is 13.1. The van der Waals surface area contributed by atoms with Gasteiger partial charge >= 0.3 is 0 Å². The number of hydrogen-bond donors (Lipinski definition) is 1. The van der Waals surface area contributed by atoms with Crippen LogP contribution in [-0.2, 0) is 11.3 Å². The molecule has 1 saturated carbocycles. The lowest BCUT2D eigenvalue weighted by Gasteiger charge is -2.23. The summed E-state index contributed by atoms with van der Waals surface area (Å²) in [5, 5.41) is 4.22. The molecule has 0 spiro atoms. The van der Waals surface area contributed by atoms with E-state index in [0.29, 0.717) is 42.2 Å². The monoisotopic (exact) mass is 345 g/mol. The van der Waals surface area contributed by atoms with Crippen LogP contribution in [0.1, 0.15) is 47.3 Å². The van der Waals surface area contributed by atoms with Gasteiger partial charge in [0.25, 0.3) is 5.91 Å². The molecule has 2 N–H and O–H groups in total. The van der Waals surface area contributed by atoms with E-state index in [0.717, 1.165) is 19.3 Å². The zero-order valence-corrected chi connectivity index (χ0v) is 14.5. The van der Waals surface area contributed by atoms with Crippen molar-refractivity contribution in [2.45, 2.75) is 50.8 Å². The second kappa shape index (κ2) is 6.18. The number of nitrogens with two attached hydrogens (primary N) is 1. The number of amides is 1. The third-order valence-electron chi connectivity index (χ3n) is 4.96. The first-order chi connectivity index (χ1) is 12.0. The first kappa shape index (κ1) is 16.1. The number of ether oxygens (including phenoxy) is 1. The van der Waals surface area contributed by atoms with Gasteiger partial charge in [0.1, 0.15) is 5.82 Å². The minimum atomic E-state index is -0.124. The van der Waals surface area contributed by atoms with Crippen LogP contribution in [0.3, 0.4) is 0 Å². The van der Waals surface area contributed by atoms with Gasteiger partial charge in [-0.15, -0.1) is 0 Å². The Morgan fingerprint density at radius 3 is 2.92 bits per heavy atom. The molecule has 0 radical (unpaired) electrons. The van der Waals surface area contributed by atoms with Gasteiger partial charge in [0.15, 0.2) is 5.89 Å². The lowest BCUT2D eigenvalue weighted by atomic mass is 10.2. The number of oxazole rings is 1. The molecule has 1 aliphatic carbocycles. The van der Waals surface area contributed by atoms with Crippen LogP contribution in [0.25, 0.3) is 0 Å². The van der Waals surface area contributed by atoms with E-state index < -0.39 is 0 Å². The predicted molar refractivity (Wildman–Crippen MR) is 90.1 cm³/mol. The molecular weight excluding hydrogens is 322 g/mol. The Morgan fingerprint density at radius 2 is 2.28 bits per heavy atom. The van der Waals surface area contributed by atoms with Crippen molar-refractivity contribution in [2.75, 3.05) is 19.4 Å². The molecule has 2 atom stereocenters. The third-order valence-corrected chi connectivity index (χ3v) is 4.96. The van der Waals surface area contributed by atoms with Crippen LogP contribution in [0.5, 0.6) is 0 Å². The average molecular weight is 345 g/mol. The van der Waals surface area contributed by atoms with E-state index in [-0.39, 0.29) is 18.1 Å². The highest BCUT2D eigenvalue weighted by molar-refractivity contribution is 5.93. The summed E-state index contributed by atoms with van der Waals surface area (Å²) in [4.78, 5) is 19.3. The number of nitrogen functional groups attached to an aromatic ring is 1. The fourth-order valence-electron chi connectivity index (χ4n) is 3.41. The Kier molecular flexibility index (Phi) is 3.99. The van der Waals surface area contributed by atoms with Gasteiger partial charge in [-0.2, -0.15) is 5.10 Å². The Balaban J connectivity index is 1.55. The third kappa shape index (κ3) is 3.13. The van der Waals surface area contributed by atoms with E-state index in [2.05, 4.69) is 10.1 Å². The maximum Gasteiger partial charge on any atom is 0.291 e. The molecule has 25 heavy (non-hydrogen) atoms. The van der Waals surface area contributed by atoms with Crippen molar-refractivity contribution in [3.63, 3.8) is 0 Å². The molecule has 3 heterocycles. The lowest BCUT2D eigenvalue weighted by molar-refractivity contribution is 0.0645. The smallest absolute Gasteiger partial charge is 0.291 e. The molecule has 0 unspecified atom stereocenters. The van der Waals surface area contributed by atoms with Crippen molar-refractivity contribution in [1.29, 1.82) is 0 Å².